The van der Waals surface area contributed by atoms with Crippen molar-refractivity contribution < 1.29 is 9.47 Å². The van der Waals surface area contributed by atoms with Gasteiger partial charge in [0, 0.05) is 43.8 Å². The van der Waals surface area contributed by atoms with Crippen molar-refractivity contribution in [1.82, 2.24) is 19.9 Å². The van der Waals surface area contributed by atoms with E-state index in [4.69, 9.17) is 14.5 Å². The van der Waals surface area contributed by atoms with Crippen molar-refractivity contribution in [3.63, 3.8) is 0 Å². The first kappa shape index (κ1) is 19.9. The van der Waals surface area contributed by atoms with Crippen molar-refractivity contribution in [2.75, 3.05) is 36.5 Å². The number of rotatable bonds is 5. The van der Waals surface area contributed by atoms with E-state index in [1.54, 1.807) is 0 Å². The fourth-order valence-corrected chi connectivity index (χ4v) is 4.21. The Labute approximate surface area is 182 Å². The van der Waals surface area contributed by atoms with E-state index in [9.17, 15) is 0 Å². The van der Waals surface area contributed by atoms with E-state index in [0.29, 0.717) is 17.9 Å². The molecule has 0 spiro atoms. The molecule has 0 amide bonds. The maximum absolute atomic E-state index is 6.45. The summed E-state index contributed by atoms with van der Waals surface area (Å²) in [4.78, 5) is 20.4. The number of morpholine rings is 1. The second-order valence-electron chi connectivity index (χ2n) is 8.27. The summed E-state index contributed by atoms with van der Waals surface area (Å²) >= 11 is 0. The third-order valence-electron chi connectivity index (χ3n) is 5.95. The van der Waals surface area contributed by atoms with E-state index in [1.807, 2.05) is 37.6 Å². The average Bonchev–Trinajstić information content (AvgIpc) is 2.82. The molecule has 0 unspecified atom stereocenters. The van der Waals surface area contributed by atoms with Crippen LogP contribution in [0.1, 0.15) is 31.2 Å². The number of aromatic nitrogens is 4. The van der Waals surface area contributed by atoms with E-state index in [-0.39, 0.29) is 6.10 Å². The number of nitrogens with zero attached hydrogens (tertiary/aromatic N) is 5. The van der Waals surface area contributed by atoms with Crippen molar-refractivity contribution in [3.05, 3.63) is 42.4 Å². The Bertz CT molecular complexity index is 1010. The van der Waals surface area contributed by atoms with E-state index in [2.05, 4.69) is 31.2 Å². The largest absolute Gasteiger partial charge is 0.474 e. The molecule has 31 heavy (non-hydrogen) atoms. The number of ether oxygens (including phenoxy) is 2. The van der Waals surface area contributed by atoms with Crippen molar-refractivity contribution in [2.24, 2.45) is 0 Å². The standard InChI is InChI=1S/C23H28N6O2/c1-16-14-25-23(26-15-16)27-17-4-6-18(7-5-17)31-22-19-3-2-8-24-20(19)13-21(28-22)29-9-11-30-12-10-29/h2-3,8,13-15,17-18H,4-7,9-12H2,1H3,(H,25,26,27). The lowest BCUT2D eigenvalue weighted by Gasteiger charge is -2.31. The number of fused-ring (bicyclic) bond motifs is 1. The van der Waals surface area contributed by atoms with Crippen molar-refractivity contribution in [1.29, 1.82) is 0 Å². The Morgan fingerprint density at radius 3 is 2.61 bits per heavy atom. The van der Waals surface area contributed by atoms with Crippen LogP contribution < -0.4 is 15.0 Å². The lowest BCUT2D eigenvalue weighted by atomic mass is 9.93. The molecule has 4 heterocycles. The first-order valence-corrected chi connectivity index (χ1v) is 11.0. The number of hydrogen-bond acceptors (Lipinski definition) is 8. The molecule has 5 rings (SSSR count). The molecule has 0 atom stereocenters. The second-order valence-corrected chi connectivity index (χ2v) is 8.27. The van der Waals surface area contributed by atoms with Crippen LogP contribution in [-0.4, -0.2) is 58.4 Å². The zero-order chi connectivity index (χ0) is 21.0. The Hall–Kier alpha value is -3.00. The van der Waals surface area contributed by atoms with Crippen molar-refractivity contribution >= 4 is 22.7 Å². The average molecular weight is 421 g/mol. The van der Waals surface area contributed by atoms with Crippen LogP contribution in [0.25, 0.3) is 10.9 Å². The molecule has 1 saturated carbocycles. The fraction of sp³-hybridized carbons (Fsp3) is 0.478. The molecular formula is C23H28N6O2. The van der Waals surface area contributed by atoms with Gasteiger partial charge in [0.2, 0.25) is 11.8 Å². The topological polar surface area (TPSA) is 85.3 Å². The van der Waals surface area contributed by atoms with Gasteiger partial charge in [0.15, 0.2) is 0 Å². The van der Waals surface area contributed by atoms with Gasteiger partial charge in [0.1, 0.15) is 11.9 Å². The number of aryl methyl sites for hydroxylation is 1. The zero-order valence-corrected chi connectivity index (χ0v) is 17.8. The van der Waals surface area contributed by atoms with Gasteiger partial charge in [-0.3, -0.25) is 4.98 Å². The minimum Gasteiger partial charge on any atom is -0.474 e. The van der Waals surface area contributed by atoms with Crippen LogP contribution in [0.15, 0.2) is 36.8 Å². The molecule has 2 aliphatic rings. The first-order chi connectivity index (χ1) is 15.2. The molecule has 1 saturated heterocycles. The third kappa shape index (κ3) is 4.69. The number of anilines is 2. The summed E-state index contributed by atoms with van der Waals surface area (Å²) in [6.45, 7) is 5.11. The number of nitrogens with one attached hydrogen (secondary N) is 1. The van der Waals surface area contributed by atoms with Crippen molar-refractivity contribution in [2.45, 2.75) is 44.8 Å². The van der Waals surface area contributed by atoms with Crippen LogP contribution in [0.3, 0.4) is 0 Å². The Kier molecular flexibility index (Phi) is 5.80. The summed E-state index contributed by atoms with van der Waals surface area (Å²) in [5.74, 6) is 2.30. The summed E-state index contributed by atoms with van der Waals surface area (Å²) < 4.78 is 11.9. The third-order valence-corrected chi connectivity index (χ3v) is 5.95. The van der Waals surface area contributed by atoms with Gasteiger partial charge in [-0.1, -0.05) is 0 Å². The Balaban J connectivity index is 1.27. The highest BCUT2D eigenvalue weighted by Crippen LogP contribution is 2.31. The monoisotopic (exact) mass is 420 g/mol. The van der Waals surface area contributed by atoms with E-state index < -0.39 is 0 Å². The number of pyridine rings is 2. The highest BCUT2D eigenvalue weighted by molar-refractivity contribution is 5.85. The SMILES string of the molecule is Cc1cnc(NC2CCC(Oc3nc(N4CCOCC4)cc4ncccc34)CC2)nc1. The Morgan fingerprint density at radius 2 is 1.84 bits per heavy atom. The summed E-state index contributed by atoms with van der Waals surface area (Å²) in [7, 11) is 0. The van der Waals surface area contributed by atoms with Gasteiger partial charge in [0.05, 0.1) is 24.1 Å². The predicted molar refractivity (Wildman–Crippen MR) is 120 cm³/mol. The quantitative estimate of drug-likeness (QED) is 0.673. The van der Waals surface area contributed by atoms with Crippen LogP contribution >= 0.6 is 0 Å². The van der Waals surface area contributed by atoms with Gasteiger partial charge in [0.25, 0.3) is 0 Å². The highest BCUT2D eigenvalue weighted by Gasteiger charge is 2.25. The molecule has 8 heteroatoms. The highest BCUT2D eigenvalue weighted by atomic mass is 16.5. The van der Waals surface area contributed by atoms with Crippen LogP contribution in [0.2, 0.25) is 0 Å². The summed E-state index contributed by atoms with van der Waals surface area (Å²) in [6, 6.07) is 6.40. The lowest BCUT2D eigenvalue weighted by molar-refractivity contribution is 0.122. The van der Waals surface area contributed by atoms with Gasteiger partial charge in [-0.2, -0.15) is 4.98 Å². The van der Waals surface area contributed by atoms with E-state index in [1.165, 1.54) is 0 Å². The van der Waals surface area contributed by atoms with Gasteiger partial charge in [-0.15, -0.1) is 0 Å². The molecule has 2 fully saturated rings. The maximum Gasteiger partial charge on any atom is 0.225 e. The van der Waals surface area contributed by atoms with E-state index in [0.717, 1.165) is 74.3 Å². The predicted octanol–water partition coefficient (Wildman–Crippen LogP) is 3.37. The Morgan fingerprint density at radius 1 is 1.06 bits per heavy atom. The second kappa shape index (κ2) is 9.01. The first-order valence-electron chi connectivity index (χ1n) is 11.0. The summed E-state index contributed by atoms with van der Waals surface area (Å²) in [5, 5.41) is 4.42. The van der Waals surface area contributed by atoms with Gasteiger partial charge in [-0.05, 0) is 50.3 Å². The minimum atomic E-state index is 0.146. The summed E-state index contributed by atoms with van der Waals surface area (Å²) in [5.41, 5.74) is 1.98. The van der Waals surface area contributed by atoms with Crippen LogP contribution in [0.4, 0.5) is 11.8 Å². The zero-order valence-electron chi connectivity index (χ0n) is 17.8. The molecule has 1 aliphatic carbocycles. The van der Waals surface area contributed by atoms with Gasteiger partial charge < -0.3 is 19.7 Å². The molecule has 8 nitrogen and oxygen atoms in total. The van der Waals surface area contributed by atoms with Crippen LogP contribution in [0, 0.1) is 6.92 Å². The lowest BCUT2D eigenvalue weighted by Crippen LogP contribution is -2.37. The van der Waals surface area contributed by atoms with Crippen molar-refractivity contribution in [3.8, 4) is 5.88 Å². The molecule has 3 aromatic heterocycles. The molecule has 3 aromatic rings. The molecule has 162 valence electrons. The van der Waals surface area contributed by atoms with Gasteiger partial charge in [-0.25, -0.2) is 9.97 Å². The number of hydrogen-bond donors (Lipinski definition) is 1. The molecule has 0 aromatic carbocycles. The molecular weight excluding hydrogens is 392 g/mol. The van der Waals surface area contributed by atoms with Gasteiger partial charge >= 0.3 is 0 Å². The minimum absolute atomic E-state index is 0.146. The normalized spacial score (nSPS) is 21.8. The molecule has 1 N–H and O–H groups in total. The molecule has 1 aliphatic heterocycles. The molecule has 0 radical (unpaired) electrons. The molecule has 0 bridgehead atoms. The fourth-order valence-electron chi connectivity index (χ4n) is 4.21. The summed E-state index contributed by atoms with van der Waals surface area (Å²) in [6.07, 6.45) is 9.62. The maximum atomic E-state index is 6.45. The van der Waals surface area contributed by atoms with E-state index >= 15 is 0 Å². The van der Waals surface area contributed by atoms with Crippen LogP contribution in [-0.2, 0) is 4.74 Å². The van der Waals surface area contributed by atoms with Crippen LogP contribution in [0.5, 0.6) is 5.88 Å². The smallest absolute Gasteiger partial charge is 0.225 e.